The molecule has 4 heteroatoms. The number of nitrogens with zero attached hydrogens (tertiary/aromatic N) is 2. The van der Waals surface area contributed by atoms with Crippen LogP contribution in [0.15, 0.2) is 58.8 Å². The lowest BCUT2D eigenvalue weighted by atomic mass is 10.1. The van der Waals surface area contributed by atoms with E-state index < -0.39 is 0 Å². The second-order valence-corrected chi connectivity index (χ2v) is 7.60. The predicted molar refractivity (Wildman–Crippen MR) is 121 cm³/mol. The van der Waals surface area contributed by atoms with Gasteiger partial charge in [0.2, 0.25) is 0 Å². The van der Waals surface area contributed by atoms with Gasteiger partial charge in [-0.15, -0.1) is 0 Å². The summed E-state index contributed by atoms with van der Waals surface area (Å²) in [7, 11) is 0. The zero-order valence-electron chi connectivity index (χ0n) is 18.0. The molecule has 0 saturated carbocycles. The molecule has 4 nitrogen and oxygen atoms in total. The van der Waals surface area contributed by atoms with Gasteiger partial charge in [0, 0.05) is 0 Å². The van der Waals surface area contributed by atoms with Gasteiger partial charge in [0.05, 0.1) is 24.1 Å². The van der Waals surface area contributed by atoms with E-state index >= 15 is 0 Å². The van der Waals surface area contributed by atoms with Crippen LogP contribution >= 0.6 is 0 Å². The van der Waals surface area contributed by atoms with Crippen LogP contribution in [0.25, 0.3) is 0 Å². The minimum Gasteiger partial charge on any atom is -0.494 e. The van der Waals surface area contributed by atoms with Crippen molar-refractivity contribution in [3.05, 3.63) is 54.1 Å². The highest BCUT2D eigenvalue weighted by molar-refractivity contribution is 5.43. The summed E-state index contributed by atoms with van der Waals surface area (Å²) in [5.74, 6) is 0.857. The van der Waals surface area contributed by atoms with Gasteiger partial charge in [-0.2, -0.15) is 10.2 Å². The van der Waals surface area contributed by atoms with E-state index in [1.807, 2.05) is 36.4 Å². The zero-order chi connectivity index (χ0) is 20.7. The van der Waals surface area contributed by atoms with Crippen LogP contribution in [0.1, 0.15) is 70.8 Å². The second kappa shape index (κ2) is 13.9. The first-order chi connectivity index (χ1) is 14.2. The maximum absolute atomic E-state index is 9.72. The van der Waals surface area contributed by atoms with Gasteiger partial charge in [-0.3, -0.25) is 0 Å². The van der Waals surface area contributed by atoms with Crippen LogP contribution in [-0.2, 0) is 6.42 Å². The molecule has 1 N–H and O–H groups in total. The number of aliphatic hydroxyl groups excluding tert-OH is 1. The molecule has 0 spiro atoms. The highest BCUT2D eigenvalue weighted by atomic mass is 16.5. The van der Waals surface area contributed by atoms with E-state index in [1.54, 1.807) is 0 Å². The number of unbranched alkanes of at least 4 members (excludes halogenated alkanes) is 3. The average molecular weight is 397 g/mol. The van der Waals surface area contributed by atoms with Crippen LogP contribution in [0.2, 0.25) is 0 Å². The molecule has 0 aliphatic heterocycles. The Balaban J connectivity index is 1.68. The minimum absolute atomic E-state index is 0.137. The molecule has 0 fully saturated rings. The van der Waals surface area contributed by atoms with Crippen LogP contribution in [-0.4, -0.2) is 17.8 Å². The van der Waals surface area contributed by atoms with Gasteiger partial charge in [0.25, 0.3) is 0 Å². The third-order valence-corrected chi connectivity index (χ3v) is 4.95. The van der Waals surface area contributed by atoms with Crippen molar-refractivity contribution in [2.75, 3.05) is 6.61 Å². The van der Waals surface area contributed by atoms with Crippen LogP contribution in [0.3, 0.4) is 0 Å². The normalized spacial score (nSPS) is 12.4. The Labute approximate surface area is 176 Å². The third-order valence-electron chi connectivity index (χ3n) is 4.95. The lowest BCUT2D eigenvalue weighted by Crippen LogP contribution is -2.05. The largest absolute Gasteiger partial charge is 0.494 e. The first kappa shape index (κ1) is 23.1. The fraction of sp³-hybridized carbons (Fsp3) is 0.520. The van der Waals surface area contributed by atoms with E-state index in [4.69, 9.17) is 4.74 Å². The minimum atomic E-state index is -0.137. The van der Waals surface area contributed by atoms with E-state index in [0.29, 0.717) is 6.61 Å². The summed E-state index contributed by atoms with van der Waals surface area (Å²) in [6.07, 6.45) is 9.42. The first-order valence-electron chi connectivity index (χ1n) is 11.1. The third kappa shape index (κ3) is 9.71. The molecule has 0 bridgehead atoms. The van der Waals surface area contributed by atoms with Crippen molar-refractivity contribution in [1.29, 1.82) is 0 Å². The summed E-state index contributed by atoms with van der Waals surface area (Å²) in [6, 6.07) is 16.0. The van der Waals surface area contributed by atoms with Crippen molar-refractivity contribution in [2.24, 2.45) is 10.2 Å². The van der Waals surface area contributed by atoms with Crippen molar-refractivity contribution in [3.8, 4) is 5.75 Å². The molecule has 158 valence electrons. The molecule has 1 atom stereocenters. The Hall–Kier alpha value is -2.20. The van der Waals surface area contributed by atoms with Gasteiger partial charge < -0.3 is 9.84 Å². The number of rotatable bonds is 14. The topological polar surface area (TPSA) is 54.2 Å². The summed E-state index contributed by atoms with van der Waals surface area (Å²) >= 11 is 0. The van der Waals surface area contributed by atoms with Crippen molar-refractivity contribution < 1.29 is 9.84 Å². The predicted octanol–water partition coefficient (Wildman–Crippen LogP) is 7.54. The van der Waals surface area contributed by atoms with Gasteiger partial charge in [-0.1, -0.05) is 45.2 Å². The number of aryl methyl sites for hydroxylation is 1. The molecule has 0 saturated heterocycles. The van der Waals surface area contributed by atoms with Crippen LogP contribution in [0.4, 0.5) is 11.4 Å². The maximum Gasteiger partial charge on any atom is 0.119 e. The lowest BCUT2D eigenvalue weighted by molar-refractivity contribution is 0.149. The standard InChI is InChI=1S/C25H36N2O2/c1-3-5-10-21-12-14-22(15-13-21)26-27-23-16-18-25(19-17-23)29-20-8-6-7-11-24(28)9-4-2/h12-19,24,28H,3-11,20H2,1-2H3/b27-26+. The van der Waals surface area contributed by atoms with Gasteiger partial charge in [-0.25, -0.2) is 0 Å². The number of hydrogen-bond donors (Lipinski definition) is 1. The van der Waals surface area contributed by atoms with E-state index in [9.17, 15) is 5.11 Å². The van der Waals surface area contributed by atoms with Crippen molar-refractivity contribution in [1.82, 2.24) is 0 Å². The average Bonchev–Trinajstić information content (AvgIpc) is 2.75. The molecule has 0 heterocycles. The molecule has 0 aliphatic rings. The summed E-state index contributed by atoms with van der Waals surface area (Å²) in [4.78, 5) is 0. The smallest absolute Gasteiger partial charge is 0.119 e. The fourth-order valence-electron chi connectivity index (χ4n) is 3.16. The summed E-state index contributed by atoms with van der Waals surface area (Å²) in [6.45, 7) is 5.02. The number of ether oxygens (including phenoxy) is 1. The first-order valence-corrected chi connectivity index (χ1v) is 11.1. The van der Waals surface area contributed by atoms with E-state index in [2.05, 4.69) is 36.2 Å². The molecule has 29 heavy (non-hydrogen) atoms. The Morgan fingerprint density at radius 1 is 0.759 bits per heavy atom. The molecule has 0 amide bonds. The molecule has 1 unspecified atom stereocenters. The van der Waals surface area contributed by atoms with Crippen LogP contribution in [0.5, 0.6) is 5.75 Å². The Bertz CT molecular complexity index is 696. The number of benzene rings is 2. The molecule has 2 aromatic carbocycles. The number of azo groups is 1. The highest BCUT2D eigenvalue weighted by Crippen LogP contribution is 2.22. The van der Waals surface area contributed by atoms with Gasteiger partial charge in [-0.05, 0) is 80.5 Å². The molecule has 0 radical (unpaired) electrons. The van der Waals surface area contributed by atoms with Gasteiger partial charge in [0.15, 0.2) is 0 Å². The van der Waals surface area contributed by atoms with Crippen LogP contribution < -0.4 is 4.74 Å². The zero-order valence-corrected chi connectivity index (χ0v) is 18.0. The Morgan fingerprint density at radius 3 is 2.03 bits per heavy atom. The number of aliphatic hydroxyl groups is 1. The van der Waals surface area contributed by atoms with E-state index in [0.717, 1.165) is 62.1 Å². The molecule has 2 aromatic rings. The lowest BCUT2D eigenvalue weighted by Gasteiger charge is -2.09. The summed E-state index contributed by atoms with van der Waals surface area (Å²) in [5, 5.41) is 18.3. The van der Waals surface area contributed by atoms with Crippen molar-refractivity contribution in [2.45, 2.75) is 77.7 Å². The van der Waals surface area contributed by atoms with Gasteiger partial charge in [0.1, 0.15) is 5.75 Å². The van der Waals surface area contributed by atoms with Crippen molar-refractivity contribution >= 4 is 11.4 Å². The quantitative estimate of drug-likeness (QED) is 0.265. The van der Waals surface area contributed by atoms with E-state index in [-0.39, 0.29) is 6.10 Å². The molecular weight excluding hydrogens is 360 g/mol. The monoisotopic (exact) mass is 396 g/mol. The SMILES string of the molecule is CCCCc1ccc(/N=N/c2ccc(OCCCCCC(O)CCC)cc2)cc1. The van der Waals surface area contributed by atoms with Gasteiger partial charge >= 0.3 is 0 Å². The Morgan fingerprint density at radius 2 is 1.41 bits per heavy atom. The fourth-order valence-corrected chi connectivity index (χ4v) is 3.16. The Kier molecular flexibility index (Phi) is 11.1. The highest BCUT2D eigenvalue weighted by Gasteiger charge is 2.02. The molecular formula is C25H36N2O2. The van der Waals surface area contributed by atoms with Crippen molar-refractivity contribution in [3.63, 3.8) is 0 Å². The molecule has 0 aromatic heterocycles. The van der Waals surface area contributed by atoms with E-state index in [1.165, 1.54) is 18.4 Å². The summed E-state index contributed by atoms with van der Waals surface area (Å²) < 4.78 is 5.79. The number of hydrogen-bond acceptors (Lipinski definition) is 4. The maximum atomic E-state index is 9.72. The summed E-state index contributed by atoms with van der Waals surface area (Å²) in [5.41, 5.74) is 3.04. The van der Waals surface area contributed by atoms with Crippen LogP contribution in [0, 0.1) is 0 Å². The second-order valence-electron chi connectivity index (χ2n) is 7.60. The molecule has 2 rings (SSSR count). The molecule has 0 aliphatic carbocycles.